The van der Waals surface area contributed by atoms with Crippen molar-refractivity contribution < 1.29 is 9.53 Å². The summed E-state index contributed by atoms with van der Waals surface area (Å²) in [6.45, 7) is 3.56. The first-order chi connectivity index (χ1) is 9.61. The lowest BCUT2D eigenvalue weighted by molar-refractivity contribution is -0.119. The highest BCUT2D eigenvalue weighted by molar-refractivity contribution is 9.10. The number of carbonyl (C=O) groups excluding carboxylic acids is 1. The van der Waals surface area contributed by atoms with Gasteiger partial charge in [-0.1, -0.05) is 28.9 Å². The van der Waals surface area contributed by atoms with Crippen molar-refractivity contribution >= 4 is 27.5 Å². The average molecular weight is 341 g/mol. The smallest absolute Gasteiger partial charge is 0.241 e. The highest BCUT2D eigenvalue weighted by Crippen LogP contribution is 2.26. The van der Waals surface area contributed by atoms with Gasteiger partial charge in [0, 0.05) is 22.8 Å². The quantitative estimate of drug-likeness (QED) is 0.885. The first-order valence-corrected chi connectivity index (χ1v) is 7.71. The molecular weight excluding hydrogens is 320 g/mol. The number of carbonyl (C=O) groups is 1. The van der Waals surface area contributed by atoms with Crippen LogP contribution in [0.2, 0.25) is 0 Å². The standard InChI is InChI=1S/C15H21BrN2O2/c1-10-6-7-17-14(8-10)15(19)18-13-5-3-4-12(16)11(13)9-20-2/h3-5,10,14,17H,6-9H2,1-2H3,(H,18,19). The Labute approximate surface area is 128 Å². The van der Waals surface area contributed by atoms with E-state index in [0.717, 1.165) is 35.1 Å². The predicted molar refractivity (Wildman–Crippen MR) is 83.7 cm³/mol. The maximum absolute atomic E-state index is 12.4. The third-order valence-corrected chi connectivity index (χ3v) is 4.39. The molecule has 0 aromatic heterocycles. The highest BCUT2D eigenvalue weighted by Gasteiger charge is 2.25. The van der Waals surface area contributed by atoms with E-state index in [2.05, 4.69) is 33.5 Å². The molecule has 2 unspecified atom stereocenters. The fourth-order valence-electron chi connectivity index (χ4n) is 2.49. The van der Waals surface area contributed by atoms with E-state index in [1.807, 2.05) is 18.2 Å². The molecule has 0 spiro atoms. The van der Waals surface area contributed by atoms with Crippen LogP contribution in [0.1, 0.15) is 25.3 Å². The van der Waals surface area contributed by atoms with Crippen LogP contribution in [0.15, 0.2) is 22.7 Å². The van der Waals surface area contributed by atoms with Gasteiger partial charge in [0.2, 0.25) is 5.91 Å². The summed E-state index contributed by atoms with van der Waals surface area (Å²) in [7, 11) is 1.65. The number of amides is 1. The van der Waals surface area contributed by atoms with Gasteiger partial charge in [0.05, 0.1) is 12.6 Å². The van der Waals surface area contributed by atoms with Crippen LogP contribution in [0.4, 0.5) is 5.69 Å². The Bertz CT molecular complexity index is 479. The lowest BCUT2D eigenvalue weighted by Gasteiger charge is -2.27. The van der Waals surface area contributed by atoms with E-state index >= 15 is 0 Å². The molecule has 1 aromatic rings. The van der Waals surface area contributed by atoms with Gasteiger partial charge in [0.15, 0.2) is 0 Å². The Kier molecular flexibility index (Phi) is 5.57. The van der Waals surface area contributed by atoms with Crippen LogP contribution in [0.25, 0.3) is 0 Å². The van der Waals surface area contributed by atoms with Crippen LogP contribution in [0.3, 0.4) is 0 Å². The van der Waals surface area contributed by atoms with Crippen LogP contribution in [-0.2, 0) is 16.1 Å². The summed E-state index contributed by atoms with van der Waals surface area (Å²) in [4.78, 5) is 12.4. The van der Waals surface area contributed by atoms with E-state index in [1.165, 1.54) is 0 Å². The minimum atomic E-state index is -0.104. The molecule has 4 nitrogen and oxygen atoms in total. The fourth-order valence-corrected chi connectivity index (χ4v) is 2.97. The Morgan fingerprint density at radius 3 is 3.05 bits per heavy atom. The minimum absolute atomic E-state index is 0.0343. The molecule has 0 aliphatic carbocycles. The van der Waals surface area contributed by atoms with Gasteiger partial charge >= 0.3 is 0 Å². The second-order valence-electron chi connectivity index (χ2n) is 5.32. The molecule has 1 saturated heterocycles. The van der Waals surface area contributed by atoms with Gasteiger partial charge < -0.3 is 15.4 Å². The van der Waals surface area contributed by atoms with Crippen molar-refractivity contribution in [1.29, 1.82) is 0 Å². The monoisotopic (exact) mass is 340 g/mol. The van der Waals surface area contributed by atoms with Crippen LogP contribution in [-0.4, -0.2) is 25.6 Å². The van der Waals surface area contributed by atoms with Gasteiger partial charge in [-0.05, 0) is 37.4 Å². The van der Waals surface area contributed by atoms with Crippen molar-refractivity contribution in [3.8, 4) is 0 Å². The third-order valence-electron chi connectivity index (χ3n) is 3.65. The van der Waals surface area contributed by atoms with E-state index in [9.17, 15) is 4.79 Å². The number of ether oxygens (including phenoxy) is 1. The number of hydrogen-bond acceptors (Lipinski definition) is 3. The number of rotatable bonds is 4. The van der Waals surface area contributed by atoms with Crippen molar-refractivity contribution in [2.24, 2.45) is 5.92 Å². The topological polar surface area (TPSA) is 50.4 Å². The number of hydrogen-bond donors (Lipinski definition) is 2. The summed E-state index contributed by atoms with van der Waals surface area (Å²) in [5.74, 6) is 0.625. The van der Waals surface area contributed by atoms with E-state index < -0.39 is 0 Å². The molecule has 110 valence electrons. The largest absolute Gasteiger partial charge is 0.380 e. The zero-order valence-corrected chi connectivity index (χ0v) is 13.5. The van der Waals surface area contributed by atoms with Gasteiger partial charge in [0.25, 0.3) is 0 Å². The number of benzene rings is 1. The normalized spacial score (nSPS) is 22.6. The molecule has 0 saturated carbocycles. The Balaban J connectivity index is 2.09. The number of halogens is 1. The molecule has 1 aliphatic rings. The lowest BCUT2D eigenvalue weighted by Crippen LogP contribution is -2.45. The molecule has 5 heteroatoms. The molecule has 2 atom stereocenters. The Morgan fingerprint density at radius 1 is 1.55 bits per heavy atom. The fraction of sp³-hybridized carbons (Fsp3) is 0.533. The Morgan fingerprint density at radius 2 is 2.35 bits per heavy atom. The van der Waals surface area contributed by atoms with E-state index in [4.69, 9.17) is 4.74 Å². The number of piperidine rings is 1. The average Bonchev–Trinajstić information content (AvgIpc) is 2.42. The molecule has 0 bridgehead atoms. The molecule has 1 aliphatic heterocycles. The zero-order valence-electron chi connectivity index (χ0n) is 11.9. The molecule has 2 rings (SSSR count). The van der Waals surface area contributed by atoms with Gasteiger partial charge in [-0.2, -0.15) is 0 Å². The second kappa shape index (κ2) is 7.20. The van der Waals surface area contributed by atoms with Gasteiger partial charge in [-0.3, -0.25) is 4.79 Å². The molecule has 1 fully saturated rings. The van der Waals surface area contributed by atoms with Crippen molar-refractivity contribution in [3.63, 3.8) is 0 Å². The number of nitrogens with one attached hydrogen (secondary N) is 2. The van der Waals surface area contributed by atoms with Gasteiger partial charge in [-0.25, -0.2) is 0 Å². The minimum Gasteiger partial charge on any atom is -0.380 e. The second-order valence-corrected chi connectivity index (χ2v) is 6.18. The molecule has 1 amide bonds. The van der Waals surface area contributed by atoms with E-state index in [0.29, 0.717) is 12.5 Å². The summed E-state index contributed by atoms with van der Waals surface area (Å²) in [5, 5.41) is 6.30. The van der Waals surface area contributed by atoms with E-state index in [-0.39, 0.29) is 11.9 Å². The first kappa shape index (κ1) is 15.5. The van der Waals surface area contributed by atoms with Crippen molar-refractivity contribution in [1.82, 2.24) is 5.32 Å². The number of anilines is 1. The van der Waals surface area contributed by atoms with E-state index in [1.54, 1.807) is 7.11 Å². The van der Waals surface area contributed by atoms with Gasteiger partial charge in [-0.15, -0.1) is 0 Å². The summed E-state index contributed by atoms with van der Waals surface area (Å²) < 4.78 is 6.14. The van der Waals surface area contributed by atoms with Gasteiger partial charge in [0.1, 0.15) is 0 Å². The van der Waals surface area contributed by atoms with Crippen LogP contribution in [0.5, 0.6) is 0 Å². The van der Waals surface area contributed by atoms with Crippen LogP contribution in [0, 0.1) is 5.92 Å². The molecule has 2 N–H and O–H groups in total. The highest BCUT2D eigenvalue weighted by atomic mass is 79.9. The molecule has 20 heavy (non-hydrogen) atoms. The summed E-state index contributed by atoms with van der Waals surface area (Å²) in [6, 6.07) is 5.66. The predicted octanol–water partition coefficient (Wildman–Crippen LogP) is 2.92. The zero-order chi connectivity index (χ0) is 14.5. The molecule has 1 aromatic carbocycles. The maximum atomic E-state index is 12.4. The summed E-state index contributed by atoms with van der Waals surface area (Å²) in [6.07, 6.45) is 2.02. The SMILES string of the molecule is COCc1c(Br)cccc1NC(=O)C1CC(C)CCN1. The van der Waals surface area contributed by atoms with Crippen molar-refractivity contribution in [3.05, 3.63) is 28.2 Å². The third kappa shape index (κ3) is 3.81. The summed E-state index contributed by atoms with van der Waals surface area (Å²) in [5.41, 5.74) is 1.78. The van der Waals surface area contributed by atoms with Crippen molar-refractivity contribution in [2.45, 2.75) is 32.4 Å². The molecule has 0 radical (unpaired) electrons. The van der Waals surface area contributed by atoms with Crippen LogP contribution >= 0.6 is 15.9 Å². The number of methoxy groups -OCH3 is 1. The molecular formula is C15H21BrN2O2. The summed E-state index contributed by atoms with van der Waals surface area (Å²) >= 11 is 3.50. The maximum Gasteiger partial charge on any atom is 0.241 e. The first-order valence-electron chi connectivity index (χ1n) is 6.92. The van der Waals surface area contributed by atoms with Crippen molar-refractivity contribution in [2.75, 3.05) is 19.0 Å². The molecule has 1 heterocycles. The van der Waals surface area contributed by atoms with Crippen LogP contribution < -0.4 is 10.6 Å². The lowest BCUT2D eigenvalue weighted by atomic mass is 9.94. The Hall–Kier alpha value is -0.910.